The van der Waals surface area contributed by atoms with Crippen molar-refractivity contribution in [1.82, 2.24) is 9.80 Å². The van der Waals surface area contributed by atoms with E-state index < -0.39 is 0 Å². The predicted octanol–water partition coefficient (Wildman–Crippen LogP) is 2.87. The number of hydrogen-bond acceptors (Lipinski definition) is 5. The molecule has 3 rings (SSSR count). The summed E-state index contributed by atoms with van der Waals surface area (Å²) in [6, 6.07) is 2.03. The summed E-state index contributed by atoms with van der Waals surface area (Å²) in [4.78, 5) is 17.4. The van der Waals surface area contributed by atoms with Gasteiger partial charge in [-0.3, -0.25) is 9.69 Å². The fourth-order valence-electron chi connectivity index (χ4n) is 4.13. The monoisotopic (exact) mass is 350 g/mol. The zero-order chi connectivity index (χ0) is 16.9. The Hall–Kier alpha value is -0.750. The van der Waals surface area contributed by atoms with Gasteiger partial charge in [0.2, 0.25) is 0 Å². The van der Waals surface area contributed by atoms with Gasteiger partial charge in [0.15, 0.2) is 5.78 Å². The van der Waals surface area contributed by atoms with Gasteiger partial charge in [-0.25, -0.2) is 0 Å². The first-order valence-electron chi connectivity index (χ1n) is 9.29. The number of ketones is 1. The highest BCUT2D eigenvalue weighted by molar-refractivity contribution is 7.12. The average Bonchev–Trinajstić information content (AvgIpc) is 3.09. The first-order valence-corrected chi connectivity index (χ1v) is 10.2. The molecule has 5 heteroatoms. The number of aliphatic hydroxyl groups excluding tert-OH is 1. The standard InChI is InChI=1S/C19H30N2O2S/c1-15(23)19-8-16(14-24-19)9-21-11-17(18(12-21)13-22)10-20-6-4-2-3-5-7-20/h8,14,17-18,22H,2-7,9-13H2,1H3/t17-,18-/m1/s1. The summed E-state index contributed by atoms with van der Waals surface area (Å²) in [5.41, 5.74) is 1.23. The summed E-state index contributed by atoms with van der Waals surface area (Å²) in [6.45, 7) is 8.43. The second-order valence-corrected chi connectivity index (χ2v) is 8.40. The lowest BCUT2D eigenvalue weighted by Crippen LogP contribution is -2.34. The molecule has 0 amide bonds. The maximum atomic E-state index is 11.5. The Morgan fingerprint density at radius 3 is 2.50 bits per heavy atom. The van der Waals surface area contributed by atoms with Crippen molar-refractivity contribution >= 4 is 17.1 Å². The number of Topliss-reactive ketones (excluding diaryl/α,β-unsaturated/α-hetero) is 1. The van der Waals surface area contributed by atoms with Crippen molar-refractivity contribution in [3.8, 4) is 0 Å². The summed E-state index contributed by atoms with van der Waals surface area (Å²) in [7, 11) is 0. The van der Waals surface area contributed by atoms with Gasteiger partial charge >= 0.3 is 0 Å². The highest BCUT2D eigenvalue weighted by atomic mass is 32.1. The topological polar surface area (TPSA) is 43.8 Å². The molecule has 0 aliphatic carbocycles. The highest BCUT2D eigenvalue weighted by Crippen LogP contribution is 2.27. The second-order valence-electron chi connectivity index (χ2n) is 7.49. The van der Waals surface area contributed by atoms with Crippen LogP contribution in [0.25, 0.3) is 0 Å². The van der Waals surface area contributed by atoms with Crippen LogP contribution in [-0.4, -0.2) is 60.0 Å². The summed E-state index contributed by atoms with van der Waals surface area (Å²) >= 11 is 1.55. The SMILES string of the molecule is CC(=O)c1cc(CN2C[C@@H](CN3CCCCCC3)[C@@H](CO)C2)cs1. The minimum atomic E-state index is 0.153. The molecule has 1 aromatic rings. The molecule has 24 heavy (non-hydrogen) atoms. The predicted molar refractivity (Wildman–Crippen MR) is 98.6 cm³/mol. The molecule has 0 saturated carbocycles. The summed E-state index contributed by atoms with van der Waals surface area (Å²) in [5, 5.41) is 11.9. The van der Waals surface area contributed by atoms with E-state index in [4.69, 9.17) is 0 Å². The third kappa shape index (κ3) is 4.66. The Labute approximate surface area is 149 Å². The van der Waals surface area contributed by atoms with E-state index in [1.807, 2.05) is 6.07 Å². The van der Waals surface area contributed by atoms with Gasteiger partial charge in [0.05, 0.1) is 4.88 Å². The van der Waals surface area contributed by atoms with Crippen LogP contribution in [-0.2, 0) is 6.54 Å². The maximum Gasteiger partial charge on any atom is 0.169 e. The highest BCUT2D eigenvalue weighted by Gasteiger charge is 2.33. The van der Waals surface area contributed by atoms with Gasteiger partial charge in [0.25, 0.3) is 0 Å². The Balaban J connectivity index is 1.55. The van der Waals surface area contributed by atoms with E-state index in [0.29, 0.717) is 11.8 Å². The molecule has 1 N–H and O–H groups in total. The van der Waals surface area contributed by atoms with Crippen molar-refractivity contribution in [2.45, 2.75) is 39.2 Å². The summed E-state index contributed by atoms with van der Waals surface area (Å²) in [5.74, 6) is 1.11. The Morgan fingerprint density at radius 2 is 1.88 bits per heavy atom. The quantitative estimate of drug-likeness (QED) is 0.801. The third-order valence-electron chi connectivity index (χ3n) is 5.48. The minimum Gasteiger partial charge on any atom is -0.396 e. The molecule has 0 spiro atoms. The molecule has 0 aromatic carbocycles. The van der Waals surface area contributed by atoms with Gasteiger partial charge in [-0.05, 0) is 61.7 Å². The van der Waals surface area contributed by atoms with Crippen LogP contribution >= 0.6 is 11.3 Å². The maximum absolute atomic E-state index is 11.5. The van der Waals surface area contributed by atoms with Gasteiger partial charge in [-0.1, -0.05) is 12.8 Å². The zero-order valence-electron chi connectivity index (χ0n) is 14.7. The van der Waals surface area contributed by atoms with Crippen LogP contribution in [0.2, 0.25) is 0 Å². The molecule has 3 heterocycles. The van der Waals surface area contributed by atoms with Crippen LogP contribution in [0.3, 0.4) is 0 Å². The number of rotatable bonds is 6. The first-order chi connectivity index (χ1) is 11.7. The number of aliphatic hydroxyl groups is 1. The average molecular weight is 351 g/mol. The van der Waals surface area contributed by atoms with Gasteiger partial charge in [-0.2, -0.15) is 0 Å². The van der Waals surface area contributed by atoms with E-state index in [2.05, 4.69) is 15.2 Å². The van der Waals surface area contributed by atoms with E-state index in [0.717, 1.165) is 31.1 Å². The number of likely N-dealkylation sites (tertiary alicyclic amines) is 2. The third-order valence-corrected chi connectivity index (χ3v) is 6.56. The fraction of sp³-hybridized carbons (Fsp3) is 0.737. The second kappa shape index (κ2) is 8.56. The normalized spacial score (nSPS) is 26.6. The van der Waals surface area contributed by atoms with E-state index >= 15 is 0 Å². The molecule has 2 aliphatic rings. The molecular formula is C19H30N2O2S. The molecule has 2 saturated heterocycles. The molecule has 0 bridgehead atoms. The number of carbonyl (C=O) groups is 1. The van der Waals surface area contributed by atoms with Crippen molar-refractivity contribution in [3.05, 3.63) is 21.9 Å². The van der Waals surface area contributed by atoms with Gasteiger partial charge in [0, 0.05) is 32.8 Å². The molecule has 0 radical (unpaired) electrons. The minimum absolute atomic E-state index is 0.153. The molecule has 134 valence electrons. The van der Waals surface area contributed by atoms with Crippen LogP contribution < -0.4 is 0 Å². The van der Waals surface area contributed by atoms with Crippen molar-refractivity contribution in [2.75, 3.05) is 39.3 Å². The molecule has 0 unspecified atom stereocenters. The lowest BCUT2D eigenvalue weighted by Gasteiger charge is -2.26. The molecule has 2 aliphatic heterocycles. The molecule has 1 aromatic heterocycles. The Bertz CT molecular complexity index is 537. The molecule has 4 nitrogen and oxygen atoms in total. The van der Waals surface area contributed by atoms with E-state index in [-0.39, 0.29) is 12.4 Å². The number of carbonyl (C=O) groups excluding carboxylic acids is 1. The summed E-state index contributed by atoms with van der Waals surface area (Å²) < 4.78 is 0. The molecule has 2 atom stereocenters. The van der Waals surface area contributed by atoms with Gasteiger partial charge in [-0.15, -0.1) is 11.3 Å². The zero-order valence-corrected chi connectivity index (χ0v) is 15.6. The van der Waals surface area contributed by atoms with Crippen LogP contribution in [0.15, 0.2) is 11.4 Å². The van der Waals surface area contributed by atoms with Crippen LogP contribution in [0.5, 0.6) is 0 Å². The number of hydrogen-bond donors (Lipinski definition) is 1. The summed E-state index contributed by atoms with van der Waals surface area (Å²) in [6.07, 6.45) is 5.38. The van der Waals surface area contributed by atoms with Crippen LogP contribution in [0.1, 0.15) is 47.8 Å². The van der Waals surface area contributed by atoms with Gasteiger partial charge in [0.1, 0.15) is 0 Å². The Kier molecular flexibility index (Phi) is 6.44. The van der Waals surface area contributed by atoms with Crippen LogP contribution in [0, 0.1) is 11.8 Å². The fourth-order valence-corrected chi connectivity index (χ4v) is 4.94. The lowest BCUT2D eigenvalue weighted by molar-refractivity contribution is 0.102. The van der Waals surface area contributed by atoms with Crippen molar-refractivity contribution in [3.63, 3.8) is 0 Å². The molecular weight excluding hydrogens is 320 g/mol. The Morgan fingerprint density at radius 1 is 1.17 bits per heavy atom. The van der Waals surface area contributed by atoms with Crippen molar-refractivity contribution in [1.29, 1.82) is 0 Å². The van der Waals surface area contributed by atoms with E-state index in [9.17, 15) is 9.90 Å². The van der Waals surface area contributed by atoms with E-state index in [1.54, 1.807) is 18.3 Å². The number of thiophene rings is 1. The largest absolute Gasteiger partial charge is 0.396 e. The lowest BCUT2D eigenvalue weighted by atomic mass is 9.96. The first kappa shape index (κ1) is 18.1. The van der Waals surface area contributed by atoms with E-state index in [1.165, 1.54) is 44.3 Å². The molecule has 2 fully saturated rings. The van der Waals surface area contributed by atoms with Crippen molar-refractivity contribution in [2.24, 2.45) is 11.8 Å². The van der Waals surface area contributed by atoms with Gasteiger partial charge < -0.3 is 10.0 Å². The smallest absolute Gasteiger partial charge is 0.169 e. The van der Waals surface area contributed by atoms with Crippen molar-refractivity contribution < 1.29 is 9.90 Å². The number of nitrogens with zero attached hydrogens (tertiary/aromatic N) is 2. The van der Waals surface area contributed by atoms with Crippen LogP contribution in [0.4, 0.5) is 0 Å².